The fourth-order valence-electron chi connectivity index (χ4n) is 8.91. The van der Waals surface area contributed by atoms with Gasteiger partial charge in [-0.25, -0.2) is 4.98 Å². The first kappa shape index (κ1) is 29.9. The molecule has 0 atom stereocenters. The molecule has 7 aromatic carbocycles. The number of fused-ring (bicyclic) bond motifs is 4. The van der Waals surface area contributed by atoms with Crippen molar-refractivity contribution in [2.45, 2.75) is 38.5 Å². The summed E-state index contributed by atoms with van der Waals surface area (Å²) in [5.74, 6) is 0.900. The lowest BCUT2D eigenvalue weighted by atomic mass is 9.81. The SMILES string of the molecule is CC1(C)c2cc(/C=C/c3cc4c5c(ccc6cccc(c65)C4(C)C)c3)ccc2-c2ccc(N(c3ccc4ccccc4c3)c3ccccn3)cc21. The third-order valence-electron chi connectivity index (χ3n) is 11.6. The van der Waals surface area contributed by atoms with E-state index in [1.54, 1.807) is 0 Å². The zero-order valence-electron chi connectivity index (χ0n) is 29.4. The van der Waals surface area contributed by atoms with Gasteiger partial charge in [0.15, 0.2) is 0 Å². The summed E-state index contributed by atoms with van der Waals surface area (Å²) in [6.45, 7) is 9.46. The van der Waals surface area contributed by atoms with E-state index in [0.29, 0.717) is 0 Å². The van der Waals surface area contributed by atoms with Gasteiger partial charge >= 0.3 is 0 Å². The van der Waals surface area contributed by atoms with Gasteiger partial charge in [-0.3, -0.25) is 4.90 Å². The fraction of sp³-hybridized carbons (Fsp3) is 0.122. The molecule has 0 spiro atoms. The Morgan fingerprint density at radius 3 is 1.92 bits per heavy atom. The zero-order chi connectivity index (χ0) is 34.5. The molecule has 0 fully saturated rings. The van der Waals surface area contributed by atoms with Crippen molar-refractivity contribution in [1.29, 1.82) is 0 Å². The first-order chi connectivity index (χ1) is 24.8. The number of rotatable bonds is 5. The van der Waals surface area contributed by atoms with E-state index < -0.39 is 0 Å². The van der Waals surface area contributed by atoms with E-state index >= 15 is 0 Å². The Labute approximate surface area is 299 Å². The van der Waals surface area contributed by atoms with E-state index in [0.717, 1.165) is 17.2 Å². The summed E-state index contributed by atoms with van der Waals surface area (Å²) in [6, 6.07) is 51.3. The topological polar surface area (TPSA) is 16.1 Å². The van der Waals surface area contributed by atoms with Crippen molar-refractivity contribution in [1.82, 2.24) is 4.98 Å². The Bertz CT molecular complexity index is 2750. The molecule has 2 aliphatic carbocycles. The van der Waals surface area contributed by atoms with E-state index in [9.17, 15) is 0 Å². The average molecular weight is 655 g/mol. The number of benzene rings is 7. The van der Waals surface area contributed by atoms with Crippen LogP contribution in [0.2, 0.25) is 0 Å². The maximum Gasteiger partial charge on any atom is 0.137 e. The van der Waals surface area contributed by atoms with Crippen molar-refractivity contribution < 1.29 is 0 Å². The molecule has 51 heavy (non-hydrogen) atoms. The maximum atomic E-state index is 4.80. The number of anilines is 3. The number of aromatic nitrogens is 1. The Kier molecular flexibility index (Phi) is 6.30. The minimum absolute atomic E-state index is 0.0199. The molecule has 2 nitrogen and oxygen atoms in total. The molecular formula is C49H38N2. The Morgan fingerprint density at radius 2 is 1.08 bits per heavy atom. The van der Waals surface area contributed by atoms with Gasteiger partial charge in [-0.1, -0.05) is 137 Å². The second-order valence-electron chi connectivity index (χ2n) is 15.3. The van der Waals surface area contributed by atoms with E-state index in [1.807, 2.05) is 12.3 Å². The third-order valence-corrected chi connectivity index (χ3v) is 11.6. The lowest BCUT2D eigenvalue weighted by Crippen LogP contribution is -2.17. The Morgan fingerprint density at radius 1 is 0.451 bits per heavy atom. The van der Waals surface area contributed by atoms with Crippen LogP contribution in [0.4, 0.5) is 17.2 Å². The summed E-state index contributed by atoms with van der Waals surface area (Å²) >= 11 is 0. The van der Waals surface area contributed by atoms with Crippen molar-refractivity contribution in [2.24, 2.45) is 0 Å². The van der Waals surface area contributed by atoms with Crippen LogP contribution in [-0.4, -0.2) is 4.98 Å². The smallest absolute Gasteiger partial charge is 0.137 e. The maximum absolute atomic E-state index is 4.80. The van der Waals surface area contributed by atoms with Crippen LogP contribution in [0.5, 0.6) is 0 Å². The molecule has 0 bridgehead atoms. The molecule has 0 amide bonds. The first-order valence-corrected chi connectivity index (χ1v) is 18.0. The van der Waals surface area contributed by atoms with Crippen molar-refractivity contribution in [3.8, 4) is 11.1 Å². The average Bonchev–Trinajstić information content (AvgIpc) is 3.53. The number of hydrogen-bond donors (Lipinski definition) is 0. The zero-order valence-corrected chi connectivity index (χ0v) is 29.4. The van der Waals surface area contributed by atoms with Gasteiger partial charge in [0.2, 0.25) is 0 Å². The second-order valence-corrected chi connectivity index (χ2v) is 15.3. The van der Waals surface area contributed by atoms with Gasteiger partial charge in [0.05, 0.1) is 0 Å². The molecule has 0 saturated heterocycles. The summed E-state index contributed by atoms with van der Waals surface area (Å²) in [5, 5.41) is 7.94. The van der Waals surface area contributed by atoms with Gasteiger partial charge in [0.25, 0.3) is 0 Å². The summed E-state index contributed by atoms with van der Waals surface area (Å²) < 4.78 is 0. The molecule has 0 unspecified atom stereocenters. The van der Waals surface area contributed by atoms with Crippen LogP contribution in [0, 0.1) is 0 Å². The van der Waals surface area contributed by atoms with E-state index in [2.05, 4.69) is 178 Å². The molecule has 2 heteroatoms. The second kappa shape index (κ2) is 10.8. The molecule has 1 aromatic heterocycles. The van der Waals surface area contributed by atoms with Gasteiger partial charge in [-0.05, 0) is 119 Å². The van der Waals surface area contributed by atoms with Crippen molar-refractivity contribution in [3.05, 3.63) is 179 Å². The van der Waals surface area contributed by atoms with Crippen LogP contribution in [0.25, 0.3) is 55.6 Å². The van der Waals surface area contributed by atoms with Crippen molar-refractivity contribution in [3.63, 3.8) is 0 Å². The molecular weight excluding hydrogens is 617 g/mol. The lowest BCUT2D eigenvalue weighted by Gasteiger charge is -2.27. The van der Waals surface area contributed by atoms with Gasteiger partial charge in [-0.2, -0.15) is 0 Å². The molecule has 0 N–H and O–H groups in total. The highest BCUT2D eigenvalue weighted by atomic mass is 15.2. The van der Waals surface area contributed by atoms with Gasteiger partial charge in [-0.15, -0.1) is 0 Å². The van der Waals surface area contributed by atoms with Crippen LogP contribution in [0.3, 0.4) is 0 Å². The van der Waals surface area contributed by atoms with E-state index in [1.165, 1.54) is 76.8 Å². The summed E-state index contributed by atoms with van der Waals surface area (Å²) in [5.41, 5.74) is 12.7. The third kappa shape index (κ3) is 4.46. The Balaban J connectivity index is 1.02. The monoisotopic (exact) mass is 654 g/mol. The van der Waals surface area contributed by atoms with Gasteiger partial charge < -0.3 is 0 Å². The molecule has 0 radical (unpaired) electrons. The van der Waals surface area contributed by atoms with Crippen LogP contribution >= 0.6 is 0 Å². The highest BCUT2D eigenvalue weighted by Crippen LogP contribution is 2.52. The van der Waals surface area contributed by atoms with Crippen LogP contribution in [-0.2, 0) is 10.8 Å². The fourth-order valence-corrected chi connectivity index (χ4v) is 8.91. The first-order valence-electron chi connectivity index (χ1n) is 18.0. The van der Waals surface area contributed by atoms with Gasteiger partial charge in [0.1, 0.15) is 5.82 Å². The number of pyridine rings is 1. The highest BCUT2D eigenvalue weighted by Gasteiger charge is 2.37. The number of hydrogen-bond acceptors (Lipinski definition) is 2. The molecule has 0 aliphatic heterocycles. The van der Waals surface area contributed by atoms with Crippen molar-refractivity contribution >= 4 is 61.7 Å². The molecule has 244 valence electrons. The molecule has 2 aliphatic rings. The summed E-state index contributed by atoms with van der Waals surface area (Å²) in [6.07, 6.45) is 6.45. The highest BCUT2D eigenvalue weighted by molar-refractivity contribution is 6.15. The molecule has 1 heterocycles. The molecule has 0 saturated carbocycles. The molecule has 10 rings (SSSR count). The minimum atomic E-state index is -0.167. The molecule has 8 aromatic rings. The van der Waals surface area contributed by atoms with E-state index in [-0.39, 0.29) is 10.8 Å². The standard InChI is InChI=1S/C49H38N2/c1-48(2)41-13-9-12-34-18-19-36-26-32(28-44(48)47(36)46(34)41)16-15-31-17-23-39-40-24-22-38(30-43(40)49(3,4)42(39)27-31)51(45-14-7-8-25-50-45)37-21-20-33-10-5-6-11-35(33)29-37/h5-30H,1-4H3/b16-15+. The summed E-state index contributed by atoms with van der Waals surface area (Å²) in [4.78, 5) is 7.08. The predicted octanol–water partition coefficient (Wildman–Crippen LogP) is 13.1. The van der Waals surface area contributed by atoms with Crippen LogP contribution in [0.1, 0.15) is 61.1 Å². The van der Waals surface area contributed by atoms with Crippen LogP contribution < -0.4 is 4.90 Å². The minimum Gasteiger partial charge on any atom is -0.295 e. The van der Waals surface area contributed by atoms with Crippen LogP contribution in [0.15, 0.2) is 146 Å². The lowest BCUT2D eigenvalue weighted by molar-refractivity contribution is 0.660. The number of nitrogens with zero attached hydrogens (tertiary/aromatic N) is 2. The van der Waals surface area contributed by atoms with Crippen molar-refractivity contribution in [2.75, 3.05) is 4.90 Å². The Hall–Kier alpha value is -5.99. The van der Waals surface area contributed by atoms with E-state index in [4.69, 9.17) is 4.98 Å². The largest absolute Gasteiger partial charge is 0.295 e. The van der Waals surface area contributed by atoms with Gasteiger partial charge in [0, 0.05) is 28.4 Å². The normalized spacial score (nSPS) is 14.9. The summed E-state index contributed by atoms with van der Waals surface area (Å²) in [7, 11) is 0. The predicted molar refractivity (Wildman–Crippen MR) is 216 cm³/mol. The quantitative estimate of drug-likeness (QED) is 0.136.